The molecule has 3 N–H and O–H groups in total. The Morgan fingerprint density at radius 1 is 1.23 bits per heavy atom. The van der Waals surface area contributed by atoms with Gasteiger partial charge in [-0.2, -0.15) is 0 Å². The van der Waals surface area contributed by atoms with Gasteiger partial charge in [-0.15, -0.1) is 0 Å². The summed E-state index contributed by atoms with van der Waals surface area (Å²) in [5.41, 5.74) is 6.70. The molecule has 0 saturated heterocycles. The van der Waals surface area contributed by atoms with Crippen LogP contribution in [0.25, 0.3) is 0 Å². The SMILES string of the molecule is NCCNCCCc1ccncc1. The molecule has 0 radical (unpaired) electrons. The van der Waals surface area contributed by atoms with E-state index in [1.54, 1.807) is 0 Å². The summed E-state index contributed by atoms with van der Waals surface area (Å²) in [7, 11) is 0. The Morgan fingerprint density at radius 3 is 2.69 bits per heavy atom. The maximum Gasteiger partial charge on any atom is 0.0270 e. The van der Waals surface area contributed by atoms with Gasteiger partial charge in [0.05, 0.1) is 0 Å². The quantitative estimate of drug-likeness (QED) is 0.627. The van der Waals surface area contributed by atoms with Gasteiger partial charge in [-0.05, 0) is 37.1 Å². The molecule has 13 heavy (non-hydrogen) atoms. The van der Waals surface area contributed by atoms with Gasteiger partial charge < -0.3 is 11.1 Å². The van der Waals surface area contributed by atoms with E-state index in [4.69, 9.17) is 5.73 Å². The van der Waals surface area contributed by atoms with E-state index in [0.29, 0.717) is 0 Å². The van der Waals surface area contributed by atoms with Crippen molar-refractivity contribution < 1.29 is 0 Å². The molecule has 1 rings (SSSR count). The molecule has 0 saturated carbocycles. The lowest BCUT2D eigenvalue weighted by atomic mass is 10.1. The summed E-state index contributed by atoms with van der Waals surface area (Å²) < 4.78 is 0. The van der Waals surface area contributed by atoms with Crippen molar-refractivity contribution in [2.24, 2.45) is 5.73 Å². The van der Waals surface area contributed by atoms with Crippen LogP contribution < -0.4 is 11.1 Å². The Morgan fingerprint density at radius 2 is 2.00 bits per heavy atom. The first kappa shape index (κ1) is 10.2. The van der Waals surface area contributed by atoms with E-state index >= 15 is 0 Å². The molecule has 0 unspecified atom stereocenters. The number of nitrogens with zero attached hydrogens (tertiary/aromatic N) is 1. The normalized spacial score (nSPS) is 10.2. The second-order valence-corrected chi connectivity index (χ2v) is 3.00. The Bertz CT molecular complexity index is 211. The summed E-state index contributed by atoms with van der Waals surface area (Å²) in [6.07, 6.45) is 5.94. The fourth-order valence-corrected chi connectivity index (χ4v) is 1.19. The zero-order valence-electron chi connectivity index (χ0n) is 7.87. The summed E-state index contributed by atoms with van der Waals surface area (Å²) in [6.45, 7) is 2.67. The maximum absolute atomic E-state index is 5.35. The van der Waals surface area contributed by atoms with Gasteiger partial charge in [0.2, 0.25) is 0 Å². The topological polar surface area (TPSA) is 50.9 Å². The monoisotopic (exact) mass is 179 g/mol. The van der Waals surface area contributed by atoms with E-state index in [9.17, 15) is 0 Å². The average molecular weight is 179 g/mol. The number of aryl methyl sites for hydroxylation is 1. The number of hydrogen-bond acceptors (Lipinski definition) is 3. The largest absolute Gasteiger partial charge is 0.329 e. The highest BCUT2D eigenvalue weighted by atomic mass is 14.9. The molecular formula is C10H17N3. The molecule has 0 aliphatic carbocycles. The first-order valence-corrected chi connectivity index (χ1v) is 4.73. The highest BCUT2D eigenvalue weighted by molar-refractivity contribution is 5.09. The minimum absolute atomic E-state index is 0.718. The first-order valence-electron chi connectivity index (χ1n) is 4.73. The molecule has 0 aliphatic rings. The number of rotatable bonds is 6. The third kappa shape index (κ3) is 4.60. The molecule has 0 aliphatic heterocycles. The predicted octanol–water partition coefficient (Wildman–Crippen LogP) is 0.562. The molecule has 0 atom stereocenters. The van der Waals surface area contributed by atoms with Crippen molar-refractivity contribution in [3.05, 3.63) is 30.1 Å². The Balaban J connectivity index is 2.07. The van der Waals surface area contributed by atoms with Gasteiger partial charge in [0.15, 0.2) is 0 Å². The van der Waals surface area contributed by atoms with Gasteiger partial charge >= 0.3 is 0 Å². The Labute approximate surface area is 79.4 Å². The van der Waals surface area contributed by atoms with Crippen LogP contribution in [0.15, 0.2) is 24.5 Å². The summed E-state index contributed by atoms with van der Waals surface area (Å²) >= 11 is 0. The average Bonchev–Trinajstić information content (AvgIpc) is 2.19. The minimum Gasteiger partial charge on any atom is -0.329 e. The van der Waals surface area contributed by atoms with Gasteiger partial charge in [0, 0.05) is 25.5 Å². The van der Waals surface area contributed by atoms with Gasteiger partial charge in [-0.1, -0.05) is 0 Å². The molecule has 1 heterocycles. The second-order valence-electron chi connectivity index (χ2n) is 3.00. The van der Waals surface area contributed by atoms with E-state index in [2.05, 4.69) is 22.4 Å². The standard InChI is InChI=1S/C10H17N3/c11-5-9-12-6-1-2-10-3-7-13-8-4-10/h3-4,7-8,12H,1-2,5-6,9,11H2. The van der Waals surface area contributed by atoms with Crippen LogP contribution in [0, 0.1) is 0 Å². The second kappa shape index (κ2) is 6.57. The van der Waals surface area contributed by atoms with Crippen LogP contribution in [-0.2, 0) is 6.42 Å². The van der Waals surface area contributed by atoms with Crippen molar-refractivity contribution >= 4 is 0 Å². The fourth-order valence-electron chi connectivity index (χ4n) is 1.19. The zero-order valence-corrected chi connectivity index (χ0v) is 7.87. The highest BCUT2D eigenvalue weighted by Gasteiger charge is 1.91. The number of nitrogens with one attached hydrogen (secondary N) is 1. The third-order valence-electron chi connectivity index (χ3n) is 1.89. The lowest BCUT2D eigenvalue weighted by Crippen LogP contribution is -2.23. The van der Waals surface area contributed by atoms with Gasteiger partial charge in [-0.25, -0.2) is 0 Å². The van der Waals surface area contributed by atoms with Crippen LogP contribution in [0.4, 0.5) is 0 Å². The van der Waals surface area contributed by atoms with Crippen molar-refractivity contribution in [1.29, 1.82) is 0 Å². The number of hydrogen-bond donors (Lipinski definition) is 2. The van der Waals surface area contributed by atoms with Crippen LogP contribution in [0.1, 0.15) is 12.0 Å². The summed E-state index contributed by atoms with van der Waals surface area (Å²) in [5, 5.41) is 3.26. The summed E-state index contributed by atoms with van der Waals surface area (Å²) in [6, 6.07) is 4.12. The molecule has 1 aromatic rings. The van der Waals surface area contributed by atoms with Crippen LogP contribution in [0.2, 0.25) is 0 Å². The van der Waals surface area contributed by atoms with E-state index in [1.165, 1.54) is 5.56 Å². The van der Waals surface area contributed by atoms with Gasteiger partial charge in [0.1, 0.15) is 0 Å². The molecule has 3 nitrogen and oxygen atoms in total. The van der Waals surface area contributed by atoms with Gasteiger partial charge in [0.25, 0.3) is 0 Å². The van der Waals surface area contributed by atoms with Crippen molar-refractivity contribution in [1.82, 2.24) is 10.3 Å². The van der Waals surface area contributed by atoms with Crippen molar-refractivity contribution in [2.45, 2.75) is 12.8 Å². The lowest BCUT2D eigenvalue weighted by Gasteiger charge is -2.02. The molecule has 72 valence electrons. The minimum atomic E-state index is 0.718. The van der Waals surface area contributed by atoms with E-state index < -0.39 is 0 Å². The van der Waals surface area contributed by atoms with Crippen molar-refractivity contribution in [3.8, 4) is 0 Å². The molecular weight excluding hydrogens is 162 g/mol. The van der Waals surface area contributed by atoms with Gasteiger partial charge in [-0.3, -0.25) is 4.98 Å². The summed E-state index contributed by atoms with van der Waals surface area (Å²) in [4.78, 5) is 3.97. The molecule has 3 heteroatoms. The molecule has 1 aromatic heterocycles. The summed E-state index contributed by atoms with van der Waals surface area (Å²) in [5.74, 6) is 0. The smallest absolute Gasteiger partial charge is 0.0270 e. The zero-order chi connectivity index (χ0) is 9.36. The molecule has 0 bridgehead atoms. The predicted molar refractivity (Wildman–Crippen MR) is 54.5 cm³/mol. The van der Waals surface area contributed by atoms with Crippen molar-refractivity contribution in [2.75, 3.05) is 19.6 Å². The van der Waals surface area contributed by atoms with Crippen molar-refractivity contribution in [3.63, 3.8) is 0 Å². The Kier molecular flexibility index (Phi) is 5.13. The molecule has 0 aromatic carbocycles. The fraction of sp³-hybridized carbons (Fsp3) is 0.500. The van der Waals surface area contributed by atoms with E-state index in [0.717, 1.165) is 32.5 Å². The number of pyridine rings is 1. The molecule has 0 fully saturated rings. The first-order chi connectivity index (χ1) is 6.43. The molecule has 0 spiro atoms. The third-order valence-corrected chi connectivity index (χ3v) is 1.89. The molecule has 0 amide bonds. The van der Waals surface area contributed by atoms with E-state index in [1.807, 2.05) is 12.4 Å². The van der Waals surface area contributed by atoms with Crippen LogP contribution in [0.5, 0.6) is 0 Å². The highest BCUT2D eigenvalue weighted by Crippen LogP contribution is 1.99. The van der Waals surface area contributed by atoms with Crippen LogP contribution in [-0.4, -0.2) is 24.6 Å². The van der Waals surface area contributed by atoms with Crippen LogP contribution >= 0.6 is 0 Å². The maximum atomic E-state index is 5.35. The number of aromatic nitrogens is 1. The lowest BCUT2D eigenvalue weighted by molar-refractivity contribution is 0.653. The van der Waals surface area contributed by atoms with E-state index in [-0.39, 0.29) is 0 Å². The number of nitrogens with two attached hydrogens (primary N) is 1. The Hall–Kier alpha value is -0.930. The van der Waals surface area contributed by atoms with Crippen LogP contribution in [0.3, 0.4) is 0 Å².